The van der Waals surface area contributed by atoms with Gasteiger partial charge in [-0.1, -0.05) is 25.3 Å². The van der Waals surface area contributed by atoms with Crippen molar-refractivity contribution in [2.75, 3.05) is 43.8 Å². The van der Waals surface area contributed by atoms with Crippen LogP contribution in [0.2, 0.25) is 0 Å². The van der Waals surface area contributed by atoms with Gasteiger partial charge in [-0.2, -0.15) is 0 Å². The Morgan fingerprint density at radius 1 is 0.958 bits per heavy atom. The Morgan fingerprint density at radius 3 is 2.33 bits per heavy atom. The van der Waals surface area contributed by atoms with Crippen molar-refractivity contribution in [3.63, 3.8) is 0 Å². The van der Waals surface area contributed by atoms with Crippen LogP contribution in [-0.4, -0.2) is 39.3 Å². The first-order valence-electron chi connectivity index (χ1n) is 7.24. The van der Waals surface area contributed by atoms with E-state index in [-0.39, 0.29) is 26.6 Å². The summed E-state index contributed by atoms with van der Waals surface area (Å²) in [7, 11) is 0. The van der Waals surface area contributed by atoms with E-state index in [1.54, 1.807) is 18.2 Å². The van der Waals surface area contributed by atoms with E-state index < -0.39 is 6.09 Å². The molecule has 1 aromatic carbocycles. The summed E-state index contributed by atoms with van der Waals surface area (Å²) in [6.07, 6.45) is 2.02. The number of hydrogen-bond donors (Lipinski definition) is 2. The molecule has 0 unspecified atom stereocenters. The molecule has 24 heavy (non-hydrogen) atoms. The molecule has 1 aromatic rings. The van der Waals surface area contributed by atoms with E-state index in [2.05, 4.69) is 23.8 Å². The lowest BCUT2D eigenvalue weighted by molar-refractivity contribution is -0.292. The molecule has 0 aliphatic rings. The first-order chi connectivity index (χ1) is 11.8. The van der Waals surface area contributed by atoms with Crippen LogP contribution in [0.5, 0.6) is 0 Å². The van der Waals surface area contributed by atoms with Crippen LogP contribution in [0.3, 0.4) is 0 Å². The molecule has 0 atom stereocenters. The topological polar surface area (TPSA) is 87.3 Å². The van der Waals surface area contributed by atoms with Crippen molar-refractivity contribution in [1.29, 1.82) is 0 Å². The van der Waals surface area contributed by atoms with Crippen molar-refractivity contribution in [1.82, 2.24) is 0 Å². The number of para-hydroxylation sites is 2. The minimum absolute atomic E-state index is 0.0923. The summed E-state index contributed by atoms with van der Waals surface area (Å²) in [6.45, 7) is 7.88. The van der Waals surface area contributed by atoms with Crippen molar-refractivity contribution in [2.45, 2.75) is 0 Å². The van der Waals surface area contributed by atoms with Gasteiger partial charge >= 0.3 is 6.09 Å². The molecule has 0 aliphatic heterocycles. The van der Waals surface area contributed by atoms with Gasteiger partial charge < -0.3 is 19.5 Å². The molecular formula is C16H22N2O6. The van der Waals surface area contributed by atoms with Crippen LogP contribution < -0.4 is 10.6 Å². The fourth-order valence-electron chi connectivity index (χ4n) is 1.53. The first kappa shape index (κ1) is 19.3. The highest BCUT2D eigenvalue weighted by molar-refractivity contribution is 5.89. The molecule has 1 amide bonds. The number of benzene rings is 1. The Kier molecular flexibility index (Phi) is 10.3. The lowest BCUT2D eigenvalue weighted by Crippen LogP contribution is -2.18. The van der Waals surface area contributed by atoms with Gasteiger partial charge in [0.2, 0.25) is 0 Å². The van der Waals surface area contributed by atoms with Gasteiger partial charge in [-0.05, 0) is 12.1 Å². The monoisotopic (exact) mass is 338 g/mol. The number of carbonyl (C=O) groups excluding carboxylic acids is 1. The van der Waals surface area contributed by atoms with E-state index in [1.165, 1.54) is 12.5 Å². The number of rotatable bonds is 13. The fraction of sp³-hybridized carbons (Fsp3) is 0.312. The molecular weight excluding hydrogens is 316 g/mol. The Hall–Kier alpha value is -2.71. The standard InChI is InChI=1S/C16H22N2O6/c1-3-20-9-11-22-16(19)18-15-8-6-5-7-14(15)17-13-24-23-12-10-21-4-2/h3-8,17H,1-2,9-13H2,(H,18,19). The van der Waals surface area contributed by atoms with Gasteiger partial charge in [0, 0.05) is 0 Å². The summed E-state index contributed by atoms with van der Waals surface area (Å²) >= 11 is 0. The molecule has 0 heterocycles. The number of ether oxygens (including phenoxy) is 3. The van der Waals surface area contributed by atoms with Gasteiger partial charge in [-0.25, -0.2) is 14.6 Å². The lowest BCUT2D eigenvalue weighted by atomic mass is 10.2. The molecule has 0 aliphatic carbocycles. The summed E-state index contributed by atoms with van der Waals surface area (Å²) < 4.78 is 14.7. The maximum Gasteiger partial charge on any atom is 0.411 e. The van der Waals surface area contributed by atoms with E-state index in [0.717, 1.165) is 0 Å². The summed E-state index contributed by atoms with van der Waals surface area (Å²) in [6, 6.07) is 7.10. The van der Waals surface area contributed by atoms with Gasteiger partial charge in [-0.15, -0.1) is 0 Å². The second-order valence-electron chi connectivity index (χ2n) is 4.14. The van der Waals surface area contributed by atoms with Crippen molar-refractivity contribution >= 4 is 17.5 Å². The number of carbonyl (C=O) groups is 1. The molecule has 0 spiro atoms. The molecule has 0 saturated carbocycles. The predicted molar refractivity (Wildman–Crippen MR) is 89.2 cm³/mol. The third kappa shape index (κ3) is 8.66. The lowest BCUT2D eigenvalue weighted by Gasteiger charge is -2.13. The minimum Gasteiger partial charge on any atom is -0.499 e. The van der Waals surface area contributed by atoms with E-state index in [0.29, 0.717) is 18.0 Å². The SMILES string of the molecule is C=COCCOOCNc1ccccc1NC(=O)OCCOC=C. The Morgan fingerprint density at radius 2 is 1.62 bits per heavy atom. The van der Waals surface area contributed by atoms with E-state index >= 15 is 0 Å². The maximum absolute atomic E-state index is 11.7. The van der Waals surface area contributed by atoms with Gasteiger partial charge in [-0.3, -0.25) is 5.32 Å². The largest absolute Gasteiger partial charge is 0.499 e. The van der Waals surface area contributed by atoms with Crippen molar-refractivity contribution < 1.29 is 28.8 Å². The zero-order chi connectivity index (χ0) is 17.5. The molecule has 2 N–H and O–H groups in total. The molecule has 0 saturated heterocycles. The highest BCUT2D eigenvalue weighted by Gasteiger charge is 2.07. The van der Waals surface area contributed by atoms with Gasteiger partial charge in [0.1, 0.15) is 26.4 Å². The number of hydrogen-bond acceptors (Lipinski definition) is 7. The quantitative estimate of drug-likeness (QED) is 0.188. The van der Waals surface area contributed by atoms with Gasteiger partial charge in [0.25, 0.3) is 0 Å². The first-order valence-corrected chi connectivity index (χ1v) is 7.24. The molecule has 8 heteroatoms. The van der Waals surface area contributed by atoms with Crippen LogP contribution >= 0.6 is 0 Å². The van der Waals surface area contributed by atoms with Crippen molar-refractivity contribution in [2.24, 2.45) is 0 Å². The Balaban J connectivity index is 2.31. The van der Waals surface area contributed by atoms with Crippen LogP contribution in [0.1, 0.15) is 0 Å². The molecule has 0 aromatic heterocycles. The summed E-state index contributed by atoms with van der Waals surface area (Å²) in [5.41, 5.74) is 1.20. The second-order valence-corrected chi connectivity index (χ2v) is 4.14. The summed E-state index contributed by atoms with van der Waals surface area (Å²) in [4.78, 5) is 21.5. The average Bonchev–Trinajstić information content (AvgIpc) is 2.59. The van der Waals surface area contributed by atoms with E-state index in [9.17, 15) is 4.79 Å². The van der Waals surface area contributed by atoms with Gasteiger partial charge in [0.15, 0.2) is 6.73 Å². The Bertz CT molecular complexity index is 509. The number of amides is 1. The fourth-order valence-corrected chi connectivity index (χ4v) is 1.53. The third-order valence-electron chi connectivity index (χ3n) is 2.52. The van der Waals surface area contributed by atoms with E-state index in [1.807, 2.05) is 6.07 Å². The van der Waals surface area contributed by atoms with Crippen LogP contribution in [0.25, 0.3) is 0 Å². The molecule has 0 radical (unpaired) electrons. The normalized spacial score (nSPS) is 9.67. The average molecular weight is 338 g/mol. The summed E-state index contributed by atoms with van der Waals surface area (Å²) in [5, 5.41) is 5.59. The van der Waals surface area contributed by atoms with Crippen molar-refractivity contribution in [3.05, 3.63) is 49.9 Å². The number of nitrogens with one attached hydrogen (secondary N) is 2. The Labute approximate surface area is 140 Å². The zero-order valence-corrected chi connectivity index (χ0v) is 13.4. The molecule has 132 valence electrons. The smallest absolute Gasteiger partial charge is 0.411 e. The predicted octanol–water partition coefficient (Wildman–Crippen LogP) is 2.87. The van der Waals surface area contributed by atoms with Crippen LogP contribution in [0.15, 0.2) is 49.9 Å². The van der Waals surface area contributed by atoms with Crippen LogP contribution in [0.4, 0.5) is 16.2 Å². The zero-order valence-electron chi connectivity index (χ0n) is 13.4. The molecule has 0 bridgehead atoms. The van der Waals surface area contributed by atoms with Crippen molar-refractivity contribution in [3.8, 4) is 0 Å². The highest BCUT2D eigenvalue weighted by atomic mass is 17.2. The molecule has 0 fully saturated rings. The molecule has 1 rings (SSSR count). The van der Waals surface area contributed by atoms with Gasteiger partial charge in [0.05, 0.1) is 23.9 Å². The second kappa shape index (κ2) is 12.8. The van der Waals surface area contributed by atoms with E-state index in [4.69, 9.17) is 24.0 Å². The number of anilines is 2. The van der Waals surface area contributed by atoms with Crippen LogP contribution in [-0.2, 0) is 24.0 Å². The maximum atomic E-state index is 11.7. The summed E-state index contributed by atoms with van der Waals surface area (Å²) in [5.74, 6) is 0. The minimum atomic E-state index is -0.587. The highest BCUT2D eigenvalue weighted by Crippen LogP contribution is 2.20. The third-order valence-corrected chi connectivity index (χ3v) is 2.52. The van der Waals surface area contributed by atoms with Crippen LogP contribution in [0, 0.1) is 0 Å². The molecule has 8 nitrogen and oxygen atoms in total.